The highest BCUT2D eigenvalue weighted by atomic mass is 16.5. The van der Waals surface area contributed by atoms with Gasteiger partial charge in [0.15, 0.2) is 40.4 Å². The summed E-state index contributed by atoms with van der Waals surface area (Å²) in [5.74, 6) is 6.00. The summed E-state index contributed by atoms with van der Waals surface area (Å²) in [6, 6.07) is 42.8. The fourth-order valence-corrected chi connectivity index (χ4v) is 10.4. The van der Waals surface area contributed by atoms with Crippen LogP contribution in [0.15, 0.2) is 245 Å². The van der Waals surface area contributed by atoms with Gasteiger partial charge in [0, 0.05) is 145 Å². The molecule has 0 spiro atoms. The summed E-state index contributed by atoms with van der Waals surface area (Å²) in [4.78, 5) is 70.6. The number of rotatable bonds is 6. The standard InChI is InChI=1S/4C12H11N3O.2C11H10N4O/c1-3-10-8-15(9-16-12(10)14-6-1)11-4-2-5-13-7-11;1-2-12-11(14-5-1)8-15(9-16-12)10-3-6-13-7-4-10;2*1-2-10-8-15(9-16-12(10)14-5-1)11-3-6-13-7-4-11;1-3-10-9(12-4-1)7-15(8-16-10)11-13-5-2-6-14-11;1-3-9-7-15(8-16-10(9)12-4-1)11-13-5-2-6-14-11/h4*1-7H,8-9H2;2*1-6H,7-8H2. The van der Waals surface area contributed by atoms with Crippen molar-refractivity contribution in [3.8, 4) is 35.0 Å². The summed E-state index contributed by atoms with van der Waals surface area (Å²) in [5, 5.41) is 0. The first-order valence-corrected chi connectivity index (χ1v) is 30.6. The lowest BCUT2D eigenvalue weighted by atomic mass is 10.2. The van der Waals surface area contributed by atoms with E-state index >= 15 is 0 Å². The Kier molecular flexibility index (Phi) is 20.4. The molecule has 26 nitrogen and oxygen atoms in total. The third-order valence-corrected chi connectivity index (χ3v) is 15.2. The van der Waals surface area contributed by atoms with Crippen LogP contribution < -0.4 is 57.8 Å². The van der Waals surface area contributed by atoms with Gasteiger partial charge >= 0.3 is 0 Å². The van der Waals surface area contributed by atoms with Crippen LogP contribution in [0, 0.1) is 0 Å². The van der Waals surface area contributed by atoms with Gasteiger partial charge in [-0.3, -0.25) is 29.9 Å². The van der Waals surface area contributed by atoms with E-state index in [1.807, 2.05) is 137 Å². The molecule has 0 aromatic carbocycles. The van der Waals surface area contributed by atoms with Crippen molar-refractivity contribution >= 4 is 34.6 Å². The molecule has 0 N–H and O–H groups in total. The Labute approximate surface area is 553 Å². The Morgan fingerprint density at radius 1 is 0.229 bits per heavy atom. The molecule has 0 saturated carbocycles. The van der Waals surface area contributed by atoms with Crippen LogP contribution in [0.25, 0.3) is 0 Å². The van der Waals surface area contributed by atoms with E-state index in [-0.39, 0.29) is 0 Å². The van der Waals surface area contributed by atoms with Crippen LogP contribution >= 0.6 is 0 Å². The summed E-state index contributed by atoms with van der Waals surface area (Å²) in [7, 11) is 0. The summed E-state index contributed by atoms with van der Waals surface area (Å²) in [6.45, 7) is 7.71. The first-order chi connectivity index (χ1) is 47.6. The van der Waals surface area contributed by atoms with Gasteiger partial charge in [0.05, 0.1) is 51.2 Å². The summed E-state index contributed by atoms with van der Waals surface area (Å²) in [6.07, 6.45) is 31.7. The van der Waals surface area contributed by atoms with Crippen LogP contribution in [0.3, 0.4) is 0 Å². The van der Waals surface area contributed by atoms with Crippen molar-refractivity contribution in [1.29, 1.82) is 0 Å². The van der Waals surface area contributed by atoms with Gasteiger partial charge in [-0.2, -0.15) is 0 Å². The first kappa shape index (κ1) is 62.1. The molecule has 0 radical (unpaired) electrons. The Hall–Kier alpha value is -12.7. The lowest BCUT2D eigenvalue weighted by molar-refractivity contribution is 0.275. The SMILES string of the molecule is c1cnc(N2COc3cccnc3C2)nc1.c1cnc(N2COc3ncccc3C2)nc1.c1cnc2c(c1)CN(c1ccncc1)CO2.c1cnc2c(c1)CN(c1ccncc1)CO2.c1cnc2c(c1)OCN(c1ccncc1)C2.c1cncc(N2COc3ncccc3C2)c1. The molecule has 6 aliphatic heterocycles. The molecule has 0 fully saturated rings. The van der Waals surface area contributed by atoms with Gasteiger partial charge in [0.2, 0.25) is 35.4 Å². The molecule has 0 saturated heterocycles. The lowest BCUT2D eigenvalue weighted by Crippen LogP contribution is -2.33. The highest BCUT2D eigenvalue weighted by molar-refractivity contribution is 5.51. The molecule has 26 heteroatoms. The summed E-state index contributed by atoms with van der Waals surface area (Å²) in [5.41, 5.74) is 10.7. The highest BCUT2D eigenvalue weighted by Crippen LogP contribution is 2.31. The van der Waals surface area contributed by atoms with E-state index in [4.69, 9.17) is 28.4 Å². The predicted octanol–water partition coefficient (Wildman–Crippen LogP) is 9.79. The topological polar surface area (TPSA) is 255 Å². The molecule has 12 aromatic rings. The Balaban J connectivity index is 0.000000104. The van der Waals surface area contributed by atoms with Crippen LogP contribution in [0.1, 0.15) is 33.6 Å². The van der Waals surface area contributed by atoms with Gasteiger partial charge < -0.3 is 57.8 Å². The molecule has 480 valence electrons. The van der Waals surface area contributed by atoms with E-state index in [0.717, 1.165) is 118 Å². The van der Waals surface area contributed by atoms with Crippen molar-refractivity contribution in [2.45, 2.75) is 39.3 Å². The molecular formula is C70H64N20O6. The molecule has 12 aromatic heterocycles. The Bertz CT molecular complexity index is 3640. The van der Waals surface area contributed by atoms with Crippen LogP contribution in [0.5, 0.6) is 35.0 Å². The third kappa shape index (κ3) is 16.3. The zero-order valence-corrected chi connectivity index (χ0v) is 52.0. The second kappa shape index (κ2) is 31.5. The van der Waals surface area contributed by atoms with E-state index in [1.165, 1.54) is 0 Å². The second-order valence-electron chi connectivity index (χ2n) is 21.5. The molecule has 18 heterocycles. The normalized spacial score (nSPS) is 14.1. The average Bonchev–Trinajstić information content (AvgIpc) is 1.35. The second-order valence-corrected chi connectivity index (χ2v) is 21.5. The van der Waals surface area contributed by atoms with Gasteiger partial charge in [0.1, 0.15) is 22.9 Å². The van der Waals surface area contributed by atoms with Crippen molar-refractivity contribution in [1.82, 2.24) is 69.8 Å². The summed E-state index contributed by atoms with van der Waals surface area (Å²) >= 11 is 0. The van der Waals surface area contributed by atoms with Gasteiger partial charge in [-0.05, 0) is 109 Å². The Morgan fingerprint density at radius 3 is 0.938 bits per heavy atom. The minimum absolute atomic E-state index is 0.439. The van der Waals surface area contributed by atoms with Crippen molar-refractivity contribution in [3.63, 3.8) is 0 Å². The largest absolute Gasteiger partial charge is 0.471 e. The van der Waals surface area contributed by atoms with E-state index in [0.29, 0.717) is 64.7 Å². The average molecular weight is 1280 g/mol. The number of ether oxygens (including phenoxy) is 6. The van der Waals surface area contributed by atoms with E-state index in [2.05, 4.69) is 89.4 Å². The van der Waals surface area contributed by atoms with Crippen LogP contribution in [0.2, 0.25) is 0 Å². The molecule has 6 aliphatic rings. The van der Waals surface area contributed by atoms with Gasteiger partial charge in [-0.15, -0.1) is 0 Å². The number of anilines is 6. The third-order valence-electron chi connectivity index (χ3n) is 15.2. The minimum Gasteiger partial charge on any atom is -0.471 e. The fraction of sp³-hybridized carbons (Fsp3) is 0.171. The Morgan fingerprint density at radius 2 is 0.531 bits per heavy atom. The molecule has 0 amide bonds. The smallest absolute Gasteiger partial charge is 0.228 e. The van der Waals surface area contributed by atoms with Crippen LogP contribution in [-0.4, -0.2) is 110 Å². The molecular weight excluding hydrogens is 1220 g/mol. The van der Waals surface area contributed by atoms with Crippen LogP contribution in [-0.2, 0) is 39.3 Å². The van der Waals surface area contributed by atoms with Gasteiger partial charge in [0.25, 0.3) is 0 Å². The quantitative estimate of drug-likeness (QED) is 0.150. The summed E-state index contributed by atoms with van der Waals surface area (Å²) < 4.78 is 33.5. The fourth-order valence-electron chi connectivity index (χ4n) is 10.4. The highest BCUT2D eigenvalue weighted by Gasteiger charge is 2.24. The van der Waals surface area contributed by atoms with E-state index < -0.39 is 0 Å². The van der Waals surface area contributed by atoms with Crippen molar-refractivity contribution in [3.05, 3.63) is 279 Å². The molecule has 96 heavy (non-hydrogen) atoms. The predicted molar refractivity (Wildman–Crippen MR) is 357 cm³/mol. The van der Waals surface area contributed by atoms with Crippen LogP contribution in [0.4, 0.5) is 34.6 Å². The first-order valence-electron chi connectivity index (χ1n) is 30.6. The van der Waals surface area contributed by atoms with E-state index in [9.17, 15) is 0 Å². The van der Waals surface area contributed by atoms with Gasteiger partial charge in [-0.25, -0.2) is 39.9 Å². The zero-order chi connectivity index (χ0) is 64.8. The lowest BCUT2D eigenvalue weighted by Gasteiger charge is -2.29. The number of pyridine rings is 10. The van der Waals surface area contributed by atoms with Crippen molar-refractivity contribution in [2.75, 3.05) is 69.8 Å². The maximum absolute atomic E-state index is 5.63. The molecule has 0 bridgehead atoms. The molecule has 0 aliphatic carbocycles. The molecule has 0 atom stereocenters. The number of aromatic nitrogens is 14. The van der Waals surface area contributed by atoms with Gasteiger partial charge in [-0.1, -0.05) is 24.3 Å². The van der Waals surface area contributed by atoms with Crippen molar-refractivity contribution in [2.24, 2.45) is 0 Å². The number of hydrogen-bond acceptors (Lipinski definition) is 26. The number of fused-ring (bicyclic) bond motifs is 6. The molecule has 18 rings (SSSR count). The number of nitrogens with zero attached hydrogens (tertiary/aromatic N) is 20. The van der Waals surface area contributed by atoms with Crippen molar-refractivity contribution < 1.29 is 28.4 Å². The zero-order valence-electron chi connectivity index (χ0n) is 52.0. The van der Waals surface area contributed by atoms with E-state index in [1.54, 1.807) is 117 Å². The minimum atomic E-state index is 0.439. The maximum Gasteiger partial charge on any atom is 0.228 e. The monoisotopic (exact) mass is 1280 g/mol. The molecule has 0 unspecified atom stereocenters. The number of hydrogen-bond donors (Lipinski definition) is 0. The maximum atomic E-state index is 5.63.